The van der Waals surface area contributed by atoms with Gasteiger partial charge in [0.1, 0.15) is 0 Å². The molecule has 1 unspecified atom stereocenters. The largest absolute Gasteiger partial charge is 0.375 e. The van der Waals surface area contributed by atoms with Gasteiger partial charge in [0.2, 0.25) is 5.28 Å². The summed E-state index contributed by atoms with van der Waals surface area (Å²) in [5, 5.41) is 7.72. The molecule has 0 spiro atoms. The number of rotatable bonds is 2. The molecule has 1 fully saturated rings. The van der Waals surface area contributed by atoms with Crippen molar-refractivity contribution in [3.63, 3.8) is 0 Å². The molecule has 7 heteroatoms. The fraction of sp³-hybridized carbons (Fsp3) is 0.667. The molecule has 16 heavy (non-hydrogen) atoms. The first-order valence-corrected chi connectivity index (χ1v) is 5.88. The maximum atomic E-state index is 5.94. The third-order valence-corrected chi connectivity index (χ3v) is 2.90. The number of halogens is 2. The number of nitrogens with zero attached hydrogens (tertiary/aromatic N) is 4. The number of hydrogen-bond acceptors (Lipinski definition) is 5. The van der Waals surface area contributed by atoms with Crippen LogP contribution in [0.2, 0.25) is 10.4 Å². The Hall–Kier alpha value is -0.650. The highest BCUT2D eigenvalue weighted by Gasteiger charge is 2.22. The van der Waals surface area contributed by atoms with Crippen molar-refractivity contribution < 1.29 is 4.74 Å². The summed E-state index contributed by atoms with van der Waals surface area (Å²) in [6, 6.07) is 0. The first kappa shape index (κ1) is 11.8. The molecule has 1 aliphatic rings. The fourth-order valence-corrected chi connectivity index (χ4v) is 1.96. The van der Waals surface area contributed by atoms with E-state index in [1.165, 1.54) is 0 Å². The third-order valence-electron chi connectivity index (χ3n) is 2.50. The Morgan fingerprint density at radius 2 is 2.25 bits per heavy atom. The summed E-state index contributed by atoms with van der Waals surface area (Å²) < 4.78 is 5.57. The molecule has 0 saturated carbocycles. The van der Waals surface area contributed by atoms with Crippen LogP contribution < -0.4 is 4.90 Å². The van der Waals surface area contributed by atoms with Crippen LogP contribution in [0.5, 0.6) is 0 Å². The lowest BCUT2D eigenvalue weighted by Crippen LogP contribution is -2.42. The first-order chi connectivity index (χ1) is 7.70. The van der Waals surface area contributed by atoms with E-state index in [4.69, 9.17) is 27.9 Å². The molecule has 0 bridgehead atoms. The molecular formula is C9H12Cl2N4O. The number of anilines is 1. The van der Waals surface area contributed by atoms with Gasteiger partial charge in [-0.25, -0.2) is 0 Å². The standard InChI is InChI=1S/C9H12Cl2N4O/c1-2-6-5-15(3-4-16-6)8-7(10)13-14-9(11)12-8/h6H,2-5H2,1H3. The zero-order valence-corrected chi connectivity index (χ0v) is 10.4. The maximum Gasteiger partial charge on any atom is 0.245 e. The van der Waals surface area contributed by atoms with Gasteiger partial charge in [-0.1, -0.05) is 18.5 Å². The van der Waals surface area contributed by atoms with E-state index in [0.717, 1.165) is 19.5 Å². The minimum Gasteiger partial charge on any atom is -0.375 e. The molecule has 0 radical (unpaired) electrons. The van der Waals surface area contributed by atoms with Gasteiger partial charge in [0, 0.05) is 13.1 Å². The van der Waals surface area contributed by atoms with Crippen molar-refractivity contribution in [2.45, 2.75) is 19.4 Å². The van der Waals surface area contributed by atoms with Gasteiger partial charge in [0.15, 0.2) is 11.0 Å². The van der Waals surface area contributed by atoms with Crippen LogP contribution in [0.25, 0.3) is 0 Å². The molecule has 0 amide bonds. The van der Waals surface area contributed by atoms with Gasteiger partial charge in [0.05, 0.1) is 12.7 Å². The van der Waals surface area contributed by atoms with Crippen LogP contribution in [0.15, 0.2) is 0 Å². The van der Waals surface area contributed by atoms with Gasteiger partial charge < -0.3 is 9.64 Å². The molecule has 0 aromatic carbocycles. The lowest BCUT2D eigenvalue weighted by Gasteiger charge is -2.33. The van der Waals surface area contributed by atoms with E-state index in [2.05, 4.69) is 22.1 Å². The van der Waals surface area contributed by atoms with Gasteiger partial charge in [-0.05, 0) is 18.0 Å². The summed E-state index contributed by atoms with van der Waals surface area (Å²) in [7, 11) is 0. The molecule has 1 aliphatic heterocycles. The number of aromatic nitrogens is 3. The molecule has 88 valence electrons. The molecule has 1 aromatic rings. The highest BCUT2D eigenvalue weighted by atomic mass is 35.5. The highest BCUT2D eigenvalue weighted by molar-refractivity contribution is 6.32. The van der Waals surface area contributed by atoms with Crippen LogP contribution in [0.3, 0.4) is 0 Å². The SMILES string of the molecule is CCC1CN(c2nc(Cl)nnc2Cl)CCO1. The molecular weight excluding hydrogens is 251 g/mol. The minimum atomic E-state index is 0.110. The van der Waals surface area contributed by atoms with Gasteiger partial charge in [-0.2, -0.15) is 4.98 Å². The smallest absolute Gasteiger partial charge is 0.245 e. The Bertz CT molecular complexity index is 377. The minimum absolute atomic E-state index is 0.110. The Labute approximate surface area is 104 Å². The van der Waals surface area contributed by atoms with Gasteiger partial charge in [0.25, 0.3) is 0 Å². The summed E-state index contributed by atoms with van der Waals surface area (Å²) in [5.74, 6) is 0.586. The molecule has 1 saturated heterocycles. The molecule has 2 rings (SSSR count). The van der Waals surface area contributed by atoms with Crippen LogP contribution in [0.4, 0.5) is 5.82 Å². The summed E-state index contributed by atoms with van der Waals surface area (Å²) in [4.78, 5) is 6.12. The second-order valence-corrected chi connectivity index (χ2v) is 4.24. The number of morpholine rings is 1. The molecule has 5 nitrogen and oxygen atoms in total. The average molecular weight is 263 g/mol. The fourth-order valence-electron chi connectivity index (χ4n) is 1.65. The normalized spacial score (nSPS) is 21.2. The van der Waals surface area contributed by atoms with Crippen molar-refractivity contribution in [1.82, 2.24) is 15.2 Å². The van der Waals surface area contributed by atoms with E-state index < -0.39 is 0 Å². The highest BCUT2D eigenvalue weighted by Crippen LogP contribution is 2.23. The Morgan fingerprint density at radius 3 is 3.00 bits per heavy atom. The van der Waals surface area contributed by atoms with Gasteiger partial charge in [-0.15, -0.1) is 10.2 Å². The van der Waals surface area contributed by atoms with E-state index in [1.807, 2.05) is 4.90 Å². The van der Waals surface area contributed by atoms with Crippen molar-refractivity contribution >= 4 is 29.0 Å². The summed E-state index contributed by atoms with van der Waals surface area (Å²) in [6.45, 7) is 4.24. The molecule has 0 aliphatic carbocycles. The zero-order chi connectivity index (χ0) is 11.5. The van der Waals surface area contributed by atoms with Crippen molar-refractivity contribution in [1.29, 1.82) is 0 Å². The Kier molecular flexibility index (Phi) is 3.78. The second kappa shape index (κ2) is 5.12. The monoisotopic (exact) mass is 262 g/mol. The van der Waals surface area contributed by atoms with Crippen molar-refractivity contribution in [3.05, 3.63) is 10.4 Å². The Balaban J connectivity index is 2.19. The quantitative estimate of drug-likeness (QED) is 0.814. The average Bonchev–Trinajstić information content (AvgIpc) is 2.32. The van der Waals surface area contributed by atoms with Crippen LogP contribution >= 0.6 is 23.2 Å². The molecule has 1 aromatic heterocycles. The molecule has 1 atom stereocenters. The van der Waals surface area contributed by atoms with Crippen LogP contribution in [-0.2, 0) is 4.74 Å². The summed E-state index contributed by atoms with van der Waals surface area (Å²) >= 11 is 11.6. The zero-order valence-electron chi connectivity index (χ0n) is 8.86. The van der Waals surface area contributed by atoms with Crippen molar-refractivity contribution in [2.75, 3.05) is 24.6 Å². The summed E-state index contributed by atoms with van der Waals surface area (Å²) in [6.07, 6.45) is 1.17. The predicted molar refractivity (Wildman–Crippen MR) is 62.1 cm³/mol. The summed E-state index contributed by atoms with van der Waals surface area (Å²) in [5.41, 5.74) is 0. The van der Waals surface area contributed by atoms with Gasteiger partial charge >= 0.3 is 0 Å². The third kappa shape index (κ3) is 2.53. The predicted octanol–water partition coefficient (Wildman–Crippen LogP) is 1.79. The molecule has 0 N–H and O–H groups in total. The van der Waals surface area contributed by atoms with E-state index in [-0.39, 0.29) is 16.5 Å². The van der Waals surface area contributed by atoms with E-state index in [9.17, 15) is 0 Å². The van der Waals surface area contributed by atoms with E-state index >= 15 is 0 Å². The van der Waals surface area contributed by atoms with Crippen LogP contribution in [-0.4, -0.2) is 41.0 Å². The van der Waals surface area contributed by atoms with E-state index in [0.29, 0.717) is 12.4 Å². The second-order valence-electron chi connectivity index (χ2n) is 3.54. The topological polar surface area (TPSA) is 51.1 Å². The number of ether oxygens (including phenoxy) is 1. The van der Waals surface area contributed by atoms with Crippen molar-refractivity contribution in [3.8, 4) is 0 Å². The lowest BCUT2D eigenvalue weighted by molar-refractivity contribution is 0.0381. The number of hydrogen-bond donors (Lipinski definition) is 0. The first-order valence-electron chi connectivity index (χ1n) is 5.13. The molecule has 2 heterocycles. The van der Waals surface area contributed by atoms with Crippen molar-refractivity contribution in [2.24, 2.45) is 0 Å². The van der Waals surface area contributed by atoms with E-state index in [1.54, 1.807) is 0 Å². The van der Waals surface area contributed by atoms with Crippen LogP contribution in [0, 0.1) is 0 Å². The Morgan fingerprint density at radius 1 is 1.44 bits per heavy atom. The van der Waals surface area contributed by atoms with Gasteiger partial charge in [-0.3, -0.25) is 0 Å². The lowest BCUT2D eigenvalue weighted by atomic mass is 10.2. The van der Waals surface area contributed by atoms with Crippen LogP contribution in [0.1, 0.15) is 13.3 Å². The maximum absolute atomic E-state index is 5.94.